The zero-order chi connectivity index (χ0) is 12.7. The minimum Gasteiger partial charge on any atom is -0.387 e. The smallest absolute Gasteiger partial charge is 0.131 e. The topological polar surface area (TPSA) is 32.3 Å². The van der Waals surface area contributed by atoms with Gasteiger partial charge in [0, 0.05) is 24.6 Å². The first-order valence-corrected chi connectivity index (χ1v) is 5.42. The highest BCUT2D eigenvalue weighted by Crippen LogP contribution is 2.17. The van der Waals surface area contributed by atoms with Gasteiger partial charge < -0.3 is 10.4 Å². The maximum atomic E-state index is 13.3. The molecule has 0 saturated carbocycles. The van der Waals surface area contributed by atoms with Crippen LogP contribution in [0.1, 0.15) is 24.5 Å². The molecule has 0 aliphatic heterocycles. The quantitative estimate of drug-likeness (QED) is 0.588. The molecule has 0 bridgehead atoms. The summed E-state index contributed by atoms with van der Waals surface area (Å²) in [5.41, 5.74) is 0.0934. The molecule has 2 N–H and O–H groups in total. The van der Waals surface area contributed by atoms with Crippen molar-refractivity contribution in [2.75, 3.05) is 13.1 Å². The van der Waals surface area contributed by atoms with E-state index in [-0.39, 0.29) is 12.1 Å². The number of terminal acetylenes is 1. The second kappa shape index (κ2) is 7.00. The Hall–Kier alpha value is -1.44. The lowest BCUT2D eigenvalue weighted by Crippen LogP contribution is -2.23. The van der Waals surface area contributed by atoms with E-state index >= 15 is 0 Å². The summed E-state index contributed by atoms with van der Waals surface area (Å²) in [5.74, 6) is 1.11. The Morgan fingerprint density at radius 3 is 2.82 bits per heavy atom. The SMILES string of the molecule is C#CCCCNCC(O)c1ccc(F)cc1F. The number of unbranched alkanes of at least 4 members (excludes halogenated alkanes) is 1. The van der Waals surface area contributed by atoms with Gasteiger partial charge in [-0.05, 0) is 19.0 Å². The van der Waals surface area contributed by atoms with Gasteiger partial charge in [0.1, 0.15) is 11.6 Å². The summed E-state index contributed by atoms with van der Waals surface area (Å²) in [4.78, 5) is 0. The molecule has 1 aromatic rings. The third kappa shape index (κ3) is 4.51. The number of halogens is 2. The highest BCUT2D eigenvalue weighted by atomic mass is 19.1. The third-order valence-corrected chi connectivity index (χ3v) is 2.33. The first kappa shape index (κ1) is 13.6. The minimum absolute atomic E-state index is 0.0934. The van der Waals surface area contributed by atoms with Crippen LogP contribution in [0.25, 0.3) is 0 Å². The van der Waals surface area contributed by atoms with Crippen LogP contribution in [0.3, 0.4) is 0 Å². The van der Waals surface area contributed by atoms with E-state index in [1.165, 1.54) is 6.07 Å². The molecule has 0 spiro atoms. The molecule has 0 radical (unpaired) electrons. The predicted octanol–water partition coefficient (Wildman–Crippen LogP) is 2.00. The van der Waals surface area contributed by atoms with Crippen LogP contribution in [0.4, 0.5) is 8.78 Å². The molecule has 1 atom stereocenters. The van der Waals surface area contributed by atoms with Gasteiger partial charge in [0.25, 0.3) is 0 Å². The maximum absolute atomic E-state index is 13.3. The van der Waals surface area contributed by atoms with Crippen molar-refractivity contribution in [2.24, 2.45) is 0 Å². The van der Waals surface area contributed by atoms with Crippen LogP contribution in [0.5, 0.6) is 0 Å². The first-order chi connectivity index (χ1) is 8.15. The largest absolute Gasteiger partial charge is 0.387 e. The summed E-state index contributed by atoms with van der Waals surface area (Å²) in [6, 6.07) is 3.13. The zero-order valence-electron chi connectivity index (χ0n) is 9.42. The van der Waals surface area contributed by atoms with Crippen LogP contribution < -0.4 is 5.32 Å². The van der Waals surface area contributed by atoms with Crippen molar-refractivity contribution < 1.29 is 13.9 Å². The van der Waals surface area contributed by atoms with Gasteiger partial charge in [0.2, 0.25) is 0 Å². The molecule has 17 heavy (non-hydrogen) atoms. The lowest BCUT2D eigenvalue weighted by atomic mass is 10.1. The van der Waals surface area contributed by atoms with Crippen molar-refractivity contribution in [1.82, 2.24) is 5.32 Å². The Kier molecular flexibility index (Phi) is 5.61. The Morgan fingerprint density at radius 1 is 1.41 bits per heavy atom. The van der Waals surface area contributed by atoms with E-state index in [2.05, 4.69) is 11.2 Å². The lowest BCUT2D eigenvalue weighted by molar-refractivity contribution is 0.170. The number of nitrogens with one attached hydrogen (secondary N) is 1. The van der Waals surface area contributed by atoms with Gasteiger partial charge in [-0.15, -0.1) is 12.3 Å². The number of aliphatic hydroxyl groups excluding tert-OH is 1. The van der Waals surface area contributed by atoms with Gasteiger partial charge in [-0.1, -0.05) is 6.07 Å². The van der Waals surface area contributed by atoms with E-state index in [9.17, 15) is 13.9 Å². The summed E-state index contributed by atoms with van der Waals surface area (Å²) in [5, 5.41) is 12.6. The monoisotopic (exact) mass is 239 g/mol. The van der Waals surface area contributed by atoms with Gasteiger partial charge in [-0.25, -0.2) is 8.78 Å². The Balaban J connectivity index is 2.42. The van der Waals surface area contributed by atoms with Crippen LogP contribution in [0, 0.1) is 24.0 Å². The molecule has 0 fully saturated rings. The van der Waals surface area contributed by atoms with Gasteiger partial charge >= 0.3 is 0 Å². The van der Waals surface area contributed by atoms with E-state index < -0.39 is 17.7 Å². The van der Waals surface area contributed by atoms with E-state index in [0.29, 0.717) is 13.0 Å². The number of rotatable bonds is 6. The standard InChI is InChI=1S/C13H15F2NO/c1-2-3-4-7-16-9-13(17)11-6-5-10(14)8-12(11)15/h1,5-6,8,13,16-17H,3-4,7,9H2. The molecule has 1 unspecified atom stereocenters. The molecule has 0 heterocycles. The number of aliphatic hydroxyl groups is 1. The van der Waals surface area contributed by atoms with E-state index in [4.69, 9.17) is 6.42 Å². The molecule has 4 heteroatoms. The van der Waals surface area contributed by atoms with Crippen molar-refractivity contribution in [3.8, 4) is 12.3 Å². The van der Waals surface area contributed by atoms with Crippen molar-refractivity contribution in [1.29, 1.82) is 0 Å². The fourth-order valence-electron chi connectivity index (χ4n) is 1.44. The summed E-state index contributed by atoms with van der Waals surface area (Å²) in [7, 11) is 0. The lowest BCUT2D eigenvalue weighted by Gasteiger charge is -2.12. The van der Waals surface area contributed by atoms with E-state index in [1.54, 1.807) is 0 Å². The molecule has 92 valence electrons. The molecule has 0 aromatic heterocycles. The Bertz CT molecular complexity index is 401. The van der Waals surface area contributed by atoms with Gasteiger partial charge in [0.15, 0.2) is 0 Å². The molecule has 0 saturated heterocycles. The summed E-state index contributed by atoms with van der Waals surface area (Å²) < 4.78 is 25.9. The fourth-order valence-corrected chi connectivity index (χ4v) is 1.44. The number of benzene rings is 1. The molecule has 2 nitrogen and oxygen atoms in total. The second-order valence-corrected chi connectivity index (χ2v) is 3.69. The molecular weight excluding hydrogens is 224 g/mol. The summed E-state index contributed by atoms with van der Waals surface area (Å²) in [6.45, 7) is 0.872. The highest BCUT2D eigenvalue weighted by molar-refractivity contribution is 5.21. The highest BCUT2D eigenvalue weighted by Gasteiger charge is 2.12. The normalized spacial score (nSPS) is 12.1. The molecule has 1 rings (SSSR count). The van der Waals surface area contributed by atoms with Crippen molar-refractivity contribution in [3.63, 3.8) is 0 Å². The predicted molar refractivity (Wildman–Crippen MR) is 62.3 cm³/mol. The Labute approximate surface area is 99.7 Å². The molecule has 0 aliphatic rings. The molecular formula is C13H15F2NO. The van der Waals surface area contributed by atoms with Gasteiger partial charge in [-0.3, -0.25) is 0 Å². The van der Waals surface area contributed by atoms with Gasteiger partial charge in [-0.2, -0.15) is 0 Å². The molecule has 1 aromatic carbocycles. The van der Waals surface area contributed by atoms with E-state index in [1.807, 2.05) is 0 Å². The van der Waals surface area contributed by atoms with Crippen molar-refractivity contribution in [3.05, 3.63) is 35.4 Å². The number of hydrogen-bond donors (Lipinski definition) is 2. The van der Waals surface area contributed by atoms with Crippen LogP contribution in [-0.4, -0.2) is 18.2 Å². The zero-order valence-corrected chi connectivity index (χ0v) is 9.42. The van der Waals surface area contributed by atoms with Crippen molar-refractivity contribution in [2.45, 2.75) is 18.9 Å². The average molecular weight is 239 g/mol. The fraction of sp³-hybridized carbons (Fsp3) is 0.385. The second-order valence-electron chi connectivity index (χ2n) is 3.69. The number of hydrogen-bond acceptors (Lipinski definition) is 2. The molecule has 0 aliphatic carbocycles. The molecule has 0 amide bonds. The summed E-state index contributed by atoms with van der Waals surface area (Å²) >= 11 is 0. The summed E-state index contributed by atoms with van der Waals surface area (Å²) in [6.07, 6.45) is 5.56. The maximum Gasteiger partial charge on any atom is 0.131 e. The minimum atomic E-state index is -0.985. The van der Waals surface area contributed by atoms with Crippen LogP contribution in [0.15, 0.2) is 18.2 Å². The van der Waals surface area contributed by atoms with Crippen LogP contribution in [-0.2, 0) is 0 Å². The van der Waals surface area contributed by atoms with Crippen molar-refractivity contribution >= 4 is 0 Å². The van der Waals surface area contributed by atoms with Gasteiger partial charge in [0.05, 0.1) is 6.10 Å². The van der Waals surface area contributed by atoms with E-state index in [0.717, 1.165) is 18.6 Å². The Morgan fingerprint density at radius 2 is 2.18 bits per heavy atom. The van der Waals surface area contributed by atoms with Crippen LogP contribution in [0.2, 0.25) is 0 Å². The third-order valence-electron chi connectivity index (χ3n) is 2.33. The first-order valence-electron chi connectivity index (χ1n) is 5.42. The average Bonchev–Trinajstić information content (AvgIpc) is 2.28. The van der Waals surface area contributed by atoms with Crippen LogP contribution >= 0.6 is 0 Å².